The van der Waals surface area contributed by atoms with Gasteiger partial charge in [-0.05, 0) is 24.3 Å². The van der Waals surface area contributed by atoms with Crippen LogP contribution in [0.4, 0.5) is 0 Å². The van der Waals surface area contributed by atoms with Gasteiger partial charge >= 0.3 is 0 Å². The first-order valence-corrected chi connectivity index (χ1v) is 6.93. The maximum absolute atomic E-state index is 6.24. The Bertz CT molecular complexity index is 726. The highest BCUT2D eigenvalue weighted by molar-refractivity contribution is 5.75. The van der Waals surface area contributed by atoms with Crippen molar-refractivity contribution in [3.05, 3.63) is 53.7 Å². The molecule has 0 bridgehead atoms. The zero-order chi connectivity index (χ0) is 14.1. The number of nitrogens with zero attached hydrogens (tertiary/aromatic N) is 2. The van der Waals surface area contributed by atoms with Crippen LogP contribution in [0.3, 0.4) is 0 Å². The Labute approximate surface area is 118 Å². The summed E-state index contributed by atoms with van der Waals surface area (Å²) >= 11 is 0. The Morgan fingerprint density at radius 3 is 2.75 bits per heavy atom. The van der Waals surface area contributed by atoms with E-state index in [0.29, 0.717) is 6.42 Å². The maximum Gasteiger partial charge on any atom is 0.121 e. The Morgan fingerprint density at radius 2 is 2.05 bits per heavy atom. The van der Waals surface area contributed by atoms with Gasteiger partial charge in [-0.1, -0.05) is 19.1 Å². The minimum Gasteiger partial charge on any atom is -0.464 e. The lowest BCUT2D eigenvalue weighted by atomic mass is 10.1. The summed E-state index contributed by atoms with van der Waals surface area (Å²) < 4.78 is 7.81. The lowest BCUT2D eigenvalue weighted by molar-refractivity contribution is 0.430. The van der Waals surface area contributed by atoms with Crippen molar-refractivity contribution in [2.45, 2.75) is 25.8 Å². The van der Waals surface area contributed by atoms with E-state index in [2.05, 4.69) is 22.5 Å². The van der Waals surface area contributed by atoms with E-state index in [9.17, 15) is 0 Å². The predicted octanol–water partition coefficient (Wildman–Crippen LogP) is 2.97. The highest BCUT2D eigenvalue weighted by atomic mass is 16.3. The molecule has 2 N–H and O–H groups in total. The van der Waals surface area contributed by atoms with Crippen LogP contribution in [0.2, 0.25) is 0 Å². The zero-order valence-electron chi connectivity index (χ0n) is 11.8. The molecule has 4 nitrogen and oxygen atoms in total. The molecule has 2 aromatic heterocycles. The lowest BCUT2D eigenvalue weighted by Crippen LogP contribution is -2.15. The van der Waals surface area contributed by atoms with Gasteiger partial charge in [0.05, 0.1) is 17.1 Å². The van der Waals surface area contributed by atoms with E-state index >= 15 is 0 Å². The molecular weight excluding hydrogens is 250 g/mol. The summed E-state index contributed by atoms with van der Waals surface area (Å²) in [4.78, 5) is 4.65. The molecule has 20 heavy (non-hydrogen) atoms. The van der Waals surface area contributed by atoms with E-state index in [4.69, 9.17) is 10.2 Å². The second kappa shape index (κ2) is 5.13. The van der Waals surface area contributed by atoms with Crippen LogP contribution in [-0.4, -0.2) is 9.55 Å². The van der Waals surface area contributed by atoms with Crippen molar-refractivity contribution in [3.63, 3.8) is 0 Å². The smallest absolute Gasteiger partial charge is 0.121 e. The molecule has 1 aromatic carbocycles. The van der Waals surface area contributed by atoms with E-state index in [1.54, 1.807) is 0 Å². The number of furan rings is 1. The van der Waals surface area contributed by atoms with Gasteiger partial charge in [0.2, 0.25) is 0 Å². The van der Waals surface area contributed by atoms with Crippen LogP contribution >= 0.6 is 0 Å². The number of para-hydroxylation sites is 2. The number of rotatable bonds is 4. The van der Waals surface area contributed by atoms with Crippen LogP contribution in [-0.2, 0) is 19.9 Å². The number of aryl methyl sites for hydroxylation is 2. The Balaban J connectivity index is 1.87. The normalized spacial score (nSPS) is 12.9. The summed E-state index contributed by atoms with van der Waals surface area (Å²) in [6, 6.07) is 11.9. The van der Waals surface area contributed by atoms with Crippen molar-refractivity contribution in [3.8, 4) is 0 Å². The first-order valence-electron chi connectivity index (χ1n) is 6.93. The molecule has 0 spiro atoms. The number of hydrogen-bond acceptors (Lipinski definition) is 3. The summed E-state index contributed by atoms with van der Waals surface area (Å²) in [5, 5.41) is 0. The number of aromatic nitrogens is 2. The van der Waals surface area contributed by atoms with Gasteiger partial charge in [-0.2, -0.15) is 0 Å². The molecular formula is C16H19N3O. The Morgan fingerprint density at radius 1 is 1.25 bits per heavy atom. The molecule has 1 atom stereocenters. The summed E-state index contributed by atoms with van der Waals surface area (Å²) in [5.74, 6) is 2.78. The molecule has 0 radical (unpaired) electrons. The summed E-state index contributed by atoms with van der Waals surface area (Å²) in [6.45, 7) is 2.07. The predicted molar refractivity (Wildman–Crippen MR) is 79.4 cm³/mol. The molecule has 0 aliphatic rings. The molecule has 3 aromatic rings. The second-order valence-electron chi connectivity index (χ2n) is 5.04. The van der Waals surface area contributed by atoms with Gasteiger partial charge in [0.25, 0.3) is 0 Å². The fraction of sp³-hybridized carbons (Fsp3) is 0.312. The average molecular weight is 269 g/mol. The molecule has 4 heteroatoms. The van der Waals surface area contributed by atoms with Crippen LogP contribution in [0.1, 0.15) is 30.3 Å². The molecule has 1 unspecified atom stereocenters. The summed E-state index contributed by atoms with van der Waals surface area (Å²) in [6.07, 6.45) is 1.56. The topological polar surface area (TPSA) is 57.0 Å². The molecule has 0 aliphatic heterocycles. The van der Waals surface area contributed by atoms with E-state index in [0.717, 1.165) is 34.8 Å². The molecule has 0 amide bonds. The van der Waals surface area contributed by atoms with Gasteiger partial charge in [0.1, 0.15) is 17.3 Å². The zero-order valence-corrected chi connectivity index (χ0v) is 11.8. The molecule has 0 fully saturated rings. The van der Waals surface area contributed by atoms with Gasteiger partial charge in [0.15, 0.2) is 0 Å². The first kappa shape index (κ1) is 12.9. The molecule has 104 valence electrons. The van der Waals surface area contributed by atoms with Crippen LogP contribution in [0.15, 0.2) is 40.8 Å². The highest BCUT2D eigenvalue weighted by Gasteiger charge is 2.15. The van der Waals surface area contributed by atoms with Crippen LogP contribution in [0.25, 0.3) is 11.0 Å². The monoisotopic (exact) mass is 269 g/mol. The molecule has 2 heterocycles. The van der Waals surface area contributed by atoms with Crippen LogP contribution in [0, 0.1) is 0 Å². The molecule has 3 rings (SSSR count). The van der Waals surface area contributed by atoms with E-state index in [1.165, 1.54) is 0 Å². The molecule has 0 aliphatic carbocycles. The lowest BCUT2D eigenvalue weighted by Gasteiger charge is -2.08. The number of fused-ring (bicyclic) bond motifs is 1. The van der Waals surface area contributed by atoms with Gasteiger partial charge in [0, 0.05) is 19.9 Å². The van der Waals surface area contributed by atoms with Crippen molar-refractivity contribution in [2.24, 2.45) is 12.8 Å². The molecule has 0 saturated heterocycles. The number of benzene rings is 1. The SMILES string of the molecule is CCc1ccc(C(N)Cc2nc3ccccc3n2C)o1. The number of imidazole rings is 1. The van der Waals surface area contributed by atoms with Crippen molar-refractivity contribution in [1.29, 1.82) is 0 Å². The standard InChI is InChI=1S/C16H19N3O/c1-3-11-8-9-15(20-11)12(17)10-16-18-13-6-4-5-7-14(13)19(16)2/h4-9,12H,3,10,17H2,1-2H3. The molecule has 0 saturated carbocycles. The van der Waals surface area contributed by atoms with E-state index in [1.807, 2.05) is 37.4 Å². The Hall–Kier alpha value is -2.07. The summed E-state index contributed by atoms with van der Waals surface area (Å²) in [7, 11) is 2.02. The van der Waals surface area contributed by atoms with E-state index < -0.39 is 0 Å². The average Bonchev–Trinajstić information content (AvgIpc) is 3.05. The summed E-state index contributed by atoms with van der Waals surface area (Å²) in [5.41, 5.74) is 8.37. The third kappa shape index (κ3) is 2.23. The Kier molecular flexibility index (Phi) is 3.32. The third-order valence-corrected chi connectivity index (χ3v) is 3.68. The second-order valence-corrected chi connectivity index (χ2v) is 5.04. The number of nitrogens with two attached hydrogens (primary N) is 1. The van der Waals surface area contributed by atoms with Crippen molar-refractivity contribution >= 4 is 11.0 Å². The minimum absolute atomic E-state index is 0.161. The minimum atomic E-state index is -0.161. The van der Waals surface area contributed by atoms with Gasteiger partial charge < -0.3 is 14.7 Å². The quantitative estimate of drug-likeness (QED) is 0.792. The van der Waals surface area contributed by atoms with Crippen molar-refractivity contribution in [1.82, 2.24) is 9.55 Å². The van der Waals surface area contributed by atoms with Crippen LogP contribution < -0.4 is 5.73 Å². The van der Waals surface area contributed by atoms with E-state index in [-0.39, 0.29) is 6.04 Å². The van der Waals surface area contributed by atoms with Gasteiger partial charge in [-0.15, -0.1) is 0 Å². The van der Waals surface area contributed by atoms with Crippen molar-refractivity contribution < 1.29 is 4.42 Å². The largest absolute Gasteiger partial charge is 0.464 e. The first-order chi connectivity index (χ1) is 9.69. The fourth-order valence-electron chi connectivity index (χ4n) is 2.46. The van der Waals surface area contributed by atoms with Crippen molar-refractivity contribution in [2.75, 3.05) is 0 Å². The van der Waals surface area contributed by atoms with Crippen LogP contribution in [0.5, 0.6) is 0 Å². The fourth-order valence-corrected chi connectivity index (χ4v) is 2.46. The van der Waals surface area contributed by atoms with Gasteiger partial charge in [-0.3, -0.25) is 0 Å². The highest BCUT2D eigenvalue weighted by Crippen LogP contribution is 2.21. The number of hydrogen-bond donors (Lipinski definition) is 1. The third-order valence-electron chi connectivity index (χ3n) is 3.68. The maximum atomic E-state index is 6.24. The van der Waals surface area contributed by atoms with Gasteiger partial charge in [-0.25, -0.2) is 4.98 Å².